The van der Waals surface area contributed by atoms with Gasteiger partial charge in [0.25, 0.3) is 5.91 Å². The number of hydrogen-bond acceptors (Lipinski definition) is 3. The molecule has 0 saturated carbocycles. The number of nitrogen functional groups attached to an aromatic ring is 1. The van der Waals surface area contributed by atoms with Crippen LogP contribution in [0.3, 0.4) is 0 Å². The molecule has 3 rings (SSSR count). The first-order valence-corrected chi connectivity index (χ1v) is 8.97. The first-order valence-electron chi connectivity index (χ1n) is 8.18. The average molecular weight is 388 g/mol. The zero-order valence-electron chi connectivity index (χ0n) is 13.8. The predicted molar refractivity (Wildman–Crippen MR) is 102 cm³/mol. The molecule has 1 amide bonds. The van der Waals surface area contributed by atoms with Gasteiger partial charge in [0.15, 0.2) is 0 Å². The number of halogens is 1. The molecule has 1 unspecified atom stereocenters. The Labute approximate surface area is 151 Å². The second kappa shape index (κ2) is 7.26. The number of carbonyl (C=O) groups excluding carboxylic acids is 1. The molecule has 2 aromatic rings. The number of nitrogens with zero attached hydrogens (tertiary/aromatic N) is 1. The molecule has 1 atom stereocenters. The number of carbonyl (C=O) groups is 1. The number of hydrogen-bond donors (Lipinski definition) is 2. The summed E-state index contributed by atoms with van der Waals surface area (Å²) >= 11 is 3.52. The van der Waals surface area contributed by atoms with Crippen molar-refractivity contribution in [3.8, 4) is 0 Å². The van der Waals surface area contributed by atoms with Crippen LogP contribution in [-0.2, 0) is 0 Å². The Morgan fingerprint density at radius 2 is 2.17 bits per heavy atom. The summed E-state index contributed by atoms with van der Waals surface area (Å²) in [6.45, 7) is 4.61. The molecule has 4 nitrogen and oxygen atoms in total. The Bertz CT molecular complexity index is 747. The number of amides is 1. The van der Waals surface area contributed by atoms with E-state index in [0.29, 0.717) is 23.7 Å². The predicted octanol–water partition coefficient (Wildman–Crippen LogP) is 3.60. The minimum Gasteiger partial charge on any atom is -0.399 e. The molecule has 0 spiro atoms. The van der Waals surface area contributed by atoms with E-state index < -0.39 is 0 Å². The van der Waals surface area contributed by atoms with Gasteiger partial charge in [0.05, 0.1) is 0 Å². The summed E-state index contributed by atoms with van der Waals surface area (Å²) in [6.07, 6.45) is 1.09. The number of nitrogens with two attached hydrogens (primary N) is 1. The number of aryl methyl sites for hydroxylation is 1. The quantitative estimate of drug-likeness (QED) is 0.787. The van der Waals surface area contributed by atoms with Gasteiger partial charge in [0.1, 0.15) is 0 Å². The molecule has 3 N–H and O–H groups in total. The normalized spacial score (nSPS) is 17.1. The van der Waals surface area contributed by atoms with Crippen LogP contribution in [0.15, 0.2) is 46.9 Å². The van der Waals surface area contributed by atoms with Crippen molar-refractivity contribution < 1.29 is 4.79 Å². The van der Waals surface area contributed by atoms with Crippen LogP contribution < -0.4 is 16.0 Å². The second-order valence-electron chi connectivity index (χ2n) is 6.36. The van der Waals surface area contributed by atoms with Crippen molar-refractivity contribution in [2.24, 2.45) is 5.92 Å². The van der Waals surface area contributed by atoms with E-state index in [2.05, 4.69) is 44.3 Å². The van der Waals surface area contributed by atoms with Crippen LogP contribution in [0.2, 0.25) is 0 Å². The van der Waals surface area contributed by atoms with Crippen molar-refractivity contribution in [3.05, 3.63) is 58.1 Å². The maximum atomic E-state index is 12.4. The largest absolute Gasteiger partial charge is 0.399 e. The lowest BCUT2D eigenvalue weighted by atomic mass is 10.1. The topological polar surface area (TPSA) is 58.4 Å². The van der Waals surface area contributed by atoms with Gasteiger partial charge in [-0.15, -0.1) is 0 Å². The Balaban J connectivity index is 1.56. The van der Waals surface area contributed by atoms with Crippen LogP contribution in [0.4, 0.5) is 11.4 Å². The zero-order valence-corrected chi connectivity index (χ0v) is 15.3. The van der Waals surface area contributed by atoms with Gasteiger partial charge in [-0.05, 0) is 55.2 Å². The lowest BCUT2D eigenvalue weighted by Crippen LogP contribution is -2.31. The summed E-state index contributed by atoms with van der Waals surface area (Å²) in [7, 11) is 0. The fourth-order valence-electron chi connectivity index (χ4n) is 3.12. The van der Waals surface area contributed by atoms with E-state index in [-0.39, 0.29) is 5.91 Å². The summed E-state index contributed by atoms with van der Waals surface area (Å²) in [5.74, 6) is 0.426. The number of nitrogens with one attached hydrogen (secondary N) is 1. The van der Waals surface area contributed by atoms with Gasteiger partial charge in [0, 0.05) is 41.0 Å². The van der Waals surface area contributed by atoms with Crippen LogP contribution in [0.25, 0.3) is 0 Å². The molecular weight excluding hydrogens is 366 g/mol. The van der Waals surface area contributed by atoms with Gasteiger partial charge in [-0.1, -0.05) is 28.1 Å². The summed E-state index contributed by atoms with van der Waals surface area (Å²) in [6, 6.07) is 13.8. The fourth-order valence-corrected chi connectivity index (χ4v) is 3.51. The SMILES string of the molecule is Cc1ccc(N)cc1C(=O)NCC1CCN(c2cccc(Br)c2)C1. The Kier molecular flexibility index (Phi) is 5.09. The molecule has 0 bridgehead atoms. The monoisotopic (exact) mass is 387 g/mol. The molecule has 1 fully saturated rings. The van der Waals surface area contributed by atoms with Crippen LogP contribution in [-0.4, -0.2) is 25.5 Å². The number of rotatable bonds is 4. The fraction of sp³-hybridized carbons (Fsp3) is 0.316. The molecule has 126 valence electrons. The third kappa shape index (κ3) is 3.90. The molecule has 1 aliphatic rings. The lowest BCUT2D eigenvalue weighted by Gasteiger charge is -2.19. The molecule has 0 radical (unpaired) electrons. The highest BCUT2D eigenvalue weighted by atomic mass is 79.9. The smallest absolute Gasteiger partial charge is 0.251 e. The van der Waals surface area contributed by atoms with Gasteiger partial charge in [0.2, 0.25) is 0 Å². The van der Waals surface area contributed by atoms with E-state index in [1.54, 1.807) is 6.07 Å². The average Bonchev–Trinajstić information content (AvgIpc) is 3.04. The van der Waals surface area contributed by atoms with Crippen LogP contribution in [0, 0.1) is 12.8 Å². The first kappa shape index (κ1) is 16.8. The molecule has 2 aromatic carbocycles. The standard InChI is InChI=1S/C19H22BrN3O/c1-13-5-6-16(21)10-18(13)19(24)22-11-14-7-8-23(12-14)17-4-2-3-15(20)9-17/h2-6,9-10,14H,7-8,11-12,21H2,1H3,(H,22,24). The molecule has 1 aliphatic heterocycles. The van der Waals surface area contributed by atoms with Gasteiger partial charge < -0.3 is 16.0 Å². The summed E-state index contributed by atoms with van der Waals surface area (Å²) in [5.41, 5.74) is 9.24. The molecule has 1 saturated heterocycles. The van der Waals surface area contributed by atoms with E-state index in [0.717, 1.165) is 29.5 Å². The highest BCUT2D eigenvalue weighted by Crippen LogP contribution is 2.26. The third-order valence-electron chi connectivity index (χ3n) is 4.52. The van der Waals surface area contributed by atoms with E-state index in [9.17, 15) is 4.79 Å². The van der Waals surface area contributed by atoms with Crippen molar-refractivity contribution in [2.45, 2.75) is 13.3 Å². The summed E-state index contributed by atoms with van der Waals surface area (Å²) in [4.78, 5) is 14.8. The second-order valence-corrected chi connectivity index (χ2v) is 7.28. The van der Waals surface area contributed by atoms with E-state index >= 15 is 0 Å². The molecule has 0 aromatic heterocycles. The number of anilines is 2. The van der Waals surface area contributed by atoms with Crippen LogP contribution in [0.5, 0.6) is 0 Å². The summed E-state index contributed by atoms with van der Waals surface area (Å²) in [5, 5.41) is 3.06. The van der Waals surface area contributed by atoms with E-state index in [4.69, 9.17) is 5.73 Å². The van der Waals surface area contributed by atoms with Gasteiger partial charge >= 0.3 is 0 Å². The molecule has 5 heteroatoms. The van der Waals surface area contributed by atoms with Crippen LogP contribution in [0.1, 0.15) is 22.3 Å². The minimum absolute atomic E-state index is 0.0410. The van der Waals surface area contributed by atoms with E-state index in [1.165, 1.54) is 5.69 Å². The Morgan fingerprint density at radius 3 is 2.96 bits per heavy atom. The highest BCUT2D eigenvalue weighted by Gasteiger charge is 2.23. The van der Waals surface area contributed by atoms with Gasteiger partial charge in [-0.2, -0.15) is 0 Å². The van der Waals surface area contributed by atoms with Crippen molar-refractivity contribution in [1.29, 1.82) is 0 Å². The number of benzene rings is 2. The first-order chi connectivity index (χ1) is 11.5. The Morgan fingerprint density at radius 1 is 1.33 bits per heavy atom. The molecular formula is C19H22BrN3O. The van der Waals surface area contributed by atoms with Gasteiger partial charge in [-0.3, -0.25) is 4.79 Å². The summed E-state index contributed by atoms with van der Waals surface area (Å²) < 4.78 is 1.09. The van der Waals surface area contributed by atoms with Crippen molar-refractivity contribution in [3.63, 3.8) is 0 Å². The van der Waals surface area contributed by atoms with Crippen molar-refractivity contribution in [1.82, 2.24) is 5.32 Å². The minimum atomic E-state index is -0.0410. The van der Waals surface area contributed by atoms with Gasteiger partial charge in [-0.25, -0.2) is 0 Å². The zero-order chi connectivity index (χ0) is 17.1. The third-order valence-corrected chi connectivity index (χ3v) is 5.01. The molecule has 0 aliphatic carbocycles. The Hall–Kier alpha value is -2.01. The van der Waals surface area contributed by atoms with E-state index in [1.807, 2.05) is 25.1 Å². The lowest BCUT2D eigenvalue weighted by molar-refractivity contribution is 0.0947. The van der Waals surface area contributed by atoms with Crippen molar-refractivity contribution in [2.75, 3.05) is 30.3 Å². The highest BCUT2D eigenvalue weighted by molar-refractivity contribution is 9.10. The molecule has 1 heterocycles. The maximum absolute atomic E-state index is 12.4. The van der Waals surface area contributed by atoms with Crippen LogP contribution >= 0.6 is 15.9 Å². The van der Waals surface area contributed by atoms with Crippen molar-refractivity contribution >= 4 is 33.2 Å². The molecule has 24 heavy (non-hydrogen) atoms. The maximum Gasteiger partial charge on any atom is 0.251 e.